The van der Waals surface area contributed by atoms with Crippen LogP contribution in [0, 0.1) is 6.92 Å². The normalized spacial score (nSPS) is 17.7. The van der Waals surface area contributed by atoms with Crippen LogP contribution in [0.3, 0.4) is 0 Å². The Balaban J connectivity index is 1.78. The average molecular weight is 329 g/mol. The van der Waals surface area contributed by atoms with Crippen molar-refractivity contribution in [3.63, 3.8) is 0 Å². The molecule has 1 N–H and O–H groups in total. The highest BCUT2D eigenvalue weighted by Crippen LogP contribution is 2.18. The fourth-order valence-corrected chi connectivity index (χ4v) is 2.84. The van der Waals surface area contributed by atoms with Gasteiger partial charge in [-0.1, -0.05) is 18.2 Å². The molecule has 126 valence electrons. The van der Waals surface area contributed by atoms with Gasteiger partial charge in [-0.05, 0) is 19.1 Å². The molecule has 1 amide bonds. The standard InChI is InChI=1S/C17H19N3O4/c1-12-15(10-18-20(12)13-5-3-2-4-6-13)17(23)19-7-8-24-14(11-19)9-16(21)22/h2-6,10,14H,7-9,11H2,1H3,(H,21,22)/t14-/m0/s1. The number of carbonyl (C=O) groups is 2. The minimum Gasteiger partial charge on any atom is -0.481 e. The van der Waals surface area contributed by atoms with E-state index in [9.17, 15) is 9.59 Å². The number of morpholine rings is 1. The highest BCUT2D eigenvalue weighted by molar-refractivity contribution is 5.95. The number of ether oxygens (including phenoxy) is 1. The maximum atomic E-state index is 12.8. The summed E-state index contributed by atoms with van der Waals surface area (Å²) in [4.78, 5) is 25.2. The summed E-state index contributed by atoms with van der Waals surface area (Å²) in [5.74, 6) is -1.07. The van der Waals surface area contributed by atoms with Crippen LogP contribution in [0.15, 0.2) is 36.5 Å². The van der Waals surface area contributed by atoms with Crippen LogP contribution in [-0.2, 0) is 9.53 Å². The van der Waals surface area contributed by atoms with Crippen LogP contribution in [-0.4, -0.2) is 57.5 Å². The molecule has 1 aliphatic rings. The molecule has 7 nitrogen and oxygen atoms in total. The zero-order chi connectivity index (χ0) is 17.1. The Hall–Kier alpha value is -2.67. The van der Waals surface area contributed by atoms with Gasteiger partial charge in [0, 0.05) is 13.1 Å². The van der Waals surface area contributed by atoms with E-state index in [4.69, 9.17) is 9.84 Å². The van der Waals surface area contributed by atoms with E-state index in [0.29, 0.717) is 18.7 Å². The largest absolute Gasteiger partial charge is 0.481 e. The third kappa shape index (κ3) is 3.30. The number of aromatic nitrogens is 2. The van der Waals surface area contributed by atoms with Crippen LogP contribution < -0.4 is 0 Å². The van der Waals surface area contributed by atoms with Crippen molar-refractivity contribution in [1.29, 1.82) is 0 Å². The number of hydrogen-bond donors (Lipinski definition) is 1. The van der Waals surface area contributed by atoms with Crippen molar-refractivity contribution in [3.05, 3.63) is 47.8 Å². The molecule has 1 atom stereocenters. The molecule has 1 saturated heterocycles. The Bertz CT molecular complexity index is 742. The summed E-state index contributed by atoms with van der Waals surface area (Å²) in [7, 11) is 0. The molecule has 2 heterocycles. The molecule has 2 aromatic rings. The van der Waals surface area contributed by atoms with E-state index in [1.807, 2.05) is 37.3 Å². The predicted octanol–water partition coefficient (Wildman–Crippen LogP) is 1.50. The Morgan fingerprint density at radius 3 is 2.79 bits per heavy atom. The summed E-state index contributed by atoms with van der Waals surface area (Å²) in [5.41, 5.74) is 2.17. The lowest BCUT2D eigenvalue weighted by Gasteiger charge is -2.32. The third-order valence-electron chi connectivity index (χ3n) is 4.07. The van der Waals surface area contributed by atoms with E-state index in [0.717, 1.165) is 11.4 Å². The van der Waals surface area contributed by atoms with E-state index in [2.05, 4.69) is 5.10 Å². The number of carboxylic acid groups (broad SMARTS) is 1. The van der Waals surface area contributed by atoms with Gasteiger partial charge in [-0.15, -0.1) is 0 Å². The van der Waals surface area contributed by atoms with Crippen molar-refractivity contribution in [2.45, 2.75) is 19.4 Å². The Kier molecular flexibility index (Phi) is 4.61. The van der Waals surface area contributed by atoms with Gasteiger partial charge in [0.15, 0.2) is 0 Å². The lowest BCUT2D eigenvalue weighted by molar-refractivity contribution is -0.141. The van der Waals surface area contributed by atoms with Crippen molar-refractivity contribution >= 4 is 11.9 Å². The zero-order valence-corrected chi connectivity index (χ0v) is 13.4. The van der Waals surface area contributed by atoms with Crippen LogP contribution in [0.4, 0.5) is 0 Å². The van der Waals surface area contributed by atoms with E-state index in [-0.39, 0.29) is 18.9 Å². The van der Waals surface area contributed by atoms with Crippen molar-refractivity contribution in [3.8, 4) is 5.69 Å². The van der Waals surface area contributed by atoms with Gasteiger partial charge in [0.05, 0.1) is 42.3 Å². The van der Waals surface area contributed by atoms with Crippen LogP contribution in [0.1, 0.15) is 22.5 Å². The summed E-state index contributed by atoms with van der Waals surface area (Å²) in [6, 6.07) is 9.59. The number of hydrogen-bond acceptors (Lipinski definition) is 4. The fourth-order valence-electron chi connectivity index (χ4n) is 2.84. The first kappa shape index (κ1) is 16.2. The molecular formula is C17H19N3O4. The molecule has 0 spiro atoms. The number of amides is 1. The minimum atomic E-state index is -0.928. The first-order chi connectivity index (χ1) is 11.6. The number of nitrogens with zero attached hydrogens (tertiary/aromatic N) is 3. The lowest BCUT2D eigenvalue weighted by Crippen LogP contribution is -2.46. The average Bonchev–Trinajstić information content (AvgIpc) is 2.96. The van der Waals surface area contributed by atoms with Crippen molar-refractivity contribution < 1.29 is 19.4 Å². The quantitative estimate of drug-likeness (QED) is 0.919. The van der Waals surface area contributed by atoms with Crippen LogP contribution in [0.5, 0.6) is 0 Å². The van der Waals surface area contributed by atoms with Gasteiger partial charge in [-0.2, -0.15) is 5.10 Å². The fraction of sp³-hybridized carbons (Fsp3) is 0.353. The number of carboxylic acids is 1. The number of rotatable bonds is 4. The van der Waals surface area contributed by atoms with E-state index in [1.165, 1.54) is 0 Å². The lowest BCUT2D eigenvalue weighted by atomic mass is 10.1. The maximum Gasteiger partial charge on any atom is 0.306 e. The molecule has 0 aliphatic carbocycles. The smallest absolute Gasteiger partial charge is 0.306 e. The highest BCUT2D eigenvalue weighted by atomic mass is 16.5. The number of benzene rings is 1. The Labute approximate surface area is 139 Å². The van der Waals surface area contributed by atoms with Gasteiger partial charge in [-0.3, -0.25) is 9.59 Å². The molecule has 1 aromatic heterocycles. The van der Waals surface area contributed by atoms with Crippen molar-refractivity contribution in [1.82, 2.24) is 14.7 Å². The molecule has 0 unspecified atom stereocenters. The maximum absolute atomic E-state index is 12.8. The van der Waals surface area contributed by atoms with Crippen molar-refractivity contribution in [2.75, 3.05) is 19.7 Å². The molecule has 1 aliphatic heterocycles. The zero-order valence-electron chi connectivity index (χ0n) is 13.4. The first-order valence-corrected chi connectivity index (χ1v) is 7.79. The second-order valence-electron chi connectivity index (χ2n) is 5.73. The molecule has 1 fully saturated rings. The SMILES string of the molecule is Cc1c(C(=O)N2CCO[C@@H](CC(=O)O)C2)cnn1-c1ccccc1. The molecule has 24 heavy (non-hydrogen) atoms. The summed E-state index contributed by atoms with van der Waals surface area (Å²) in [6.07, 6.45) is 0.989. The summed E-state index contributed by atoms with van der Waals surface area (Å²) in [5, 5.41) is 13.2. The molecule has 3 rings (SSSR count). The Morgan fingerprint density at radius 2 is 2.08 bits per heavy atom. The van der Waals surface area contributed by atoms with Crippen molar-refractivity contribution in [2.24, 2.45) is 0 Å². The topological polar surface area (TPSA) is 84.7 Å². The molecular weight excluding hydrogens is 310 g/mol. The van der Waals surface area contributed by atoms with E-state index >= 15 is 0 Å². The molecule has 1 aromatic carbocycles. The van der Waals surface area contributed by atoms with Gasteiger partial charge in [0.2, 0.25) is 0 Å². The second-order valence-corrected chi connectivity index (χ2v) is 5.73. The van der Waals surface area contributed by atoms with E-state index in [1.54, 1.807) is 15.8 Å². The monoisotopic (exact) mass is 329 g/mol. The number of para-hydroxylation sites is 1. The third-order valence-corrected chi connectivity index (χ3v) is 4.07. The molecule has 0 radical (unpaired) electrons. The van der Waals surface area contributed by atoms with Crippen LogP contribution >= 0.6 is 0 Å². The predicted molar refractivity (Wildman–Crippen MR) is 86.2 cm³/mol. The van der Waals surface area contributed by atoms with Gasteiger partial charge in [-0.25, -0.2) is 4.68 Å². The minimum absolute atomic E-state index is 0.105. The van der Waals surface area contributed by atoms with Crippen LogP contribution in [0.2, 0.25) is 0 Å². The second kappa shape index (κ2) is 6.84. The van der Waals surface area contributed by atoms with Gasteiger partial charge < -0.3 is 14.7 Å². The molecule has 0 saturated carbocycles. The number of aliphatic carboxylic acids is 1. The highest BCUT2D eigenvalue weighted by Gasteiger charge is 2.28. The molecule has 0 bridgehead atoms. The van der Waals surface area contributed by atoms with Gasteiger partial charge in [0.25, 0.3) is 5.91 Å². The summed E-state index contributed by atoms with van der Waals surface area (Å²) < 4.78 is 7.14. The Morgan fingerprint density at radius 1 is 1.33 bits per heavy atom. The summed E-state index contributed by atoms with van der Waals surface area (Å²) >= 11 is 0. The first-order valence-electron chi connectivity index (χ1n) is 7.79. The summed E-state index contributed by atoms with van der Waals surface area (Å²) in [6.45, 7) is 2.92. The van der Waals surface area contributed by atoms with Gasteiger partial charge in [0.1, 0.15) is 0 Å². The van der Waals surface area contributed by atoms with Crippen LogP contribution in [0.25, 0.3) is 5.69 Å². The van der Waals surface area contributed by atoms with Gasteiger partial charge >= 0.3 is 5.97 Å². The molecule has 7 heteroatoms. The number of carbonyl (C=O) groups excluding carboxylic acids is 1. The van der Waals surface area contributed by atoms with E-state index < -0.39 is 12.1 Å².